The molecule has 0 radical (unpaired) electrons. The van der Waals surface area contributed by atoms with E-state index in [-0.39, 0.29) is 18.0 Å². The van der Waals surface area contributed by atoms with Gasteiger partial charge in [0.05, 0.1) is 18.7 Å². The van der Waals surface area contributed by atoms with Crippen LogP contribution in [0.2, 0.25) is 0 Å². The summed E-state index contributed by atoms with van der Waals surface area (Å²) in [6, 6.07) is 4.12. The van der Waals surface area contributed by atoms with Crippen LogP contribution in [-0.4, -0.2) is 30.6 Å². The van der Waals surface area contributed by atoms with Gasteiger partial charge in [0, 0.05) is 16.3 Å². The molecule has 2 aromatic heterocycles. The van der Waals surface area contributed by atoms with E-state index < -0.39 is 0 Å². The third-order valence-electron chi connectivity index (χ3n) is 5.17. The van der Waals surface area contributed by atoms with Gasteiger partial charge in [0.2, 0.25) is 0 Å². The number of aryl methyl sites for hydroxylation is 1. The number of esters is 1. The van der Waals surface area contributed by atoms with Gasteiger partial charge >= 0.3 is 12.0 Å². The molecule has 2 aliphatic rings. The molecule has 3 heterocycles. The van der Waals surface area contributed by atoms with Crippen LogP contribution in [0.25, 0.3) is 0 Å². The maximum atomic E-state index is 13.0. The van der Waals surface area contributed by atoms with Crippen LogP contribution in [0, 0.1) is 0 Å². The largest absolute Gasteiger partial charge is 0.465 e. The van der Waals surface area contributed by atoms with Crippen LogP contribution in [-0.2, 0) is 17.6 Å². The number of likely N-dealkylation sites (tertiary alicyclic amines) is 1. The number of nitrogens with zero attached hydrogens (tertiary/aromatic N) is 1. The van der Waals surface area contributed by atoms with Crippen LogP contribution >= 0.6 is 22.7 Å². The van der Waals surface area contributed by atoms with Crippen molar-refractivity contribution in [1.29, 1.82) is 0 Å². The van der Waals surface area contributed by atoms with Crippen LogP contribution in [0.5, 0.6) is 0 Å². The van der Waals surface area contributed by atoms with E-state index in [1.165, 1.54) is 28.2 Å². The molecular formula is C19H22N2O3S2. The monoisotopic (exact) mass is 390 g/mol. The van der Waals surface area contributed by atoms with E-state index in [0.29, 0.717) is 10.6 Å². The van der Waals surface area contributed by atoms with Gasteiger partial charge in [-0.3, -0.25) is 5.32 Å². The second kappa shape index (κ2) is 7.40. The van der Waals surface area contributed by atoms with Crippen molar-refractivity contribution in [2.24, 2.45) is 0 Å². The van der Waals surface area contributed by atoms with Crippen LogP contribution in [0.15, 0.2) is 17.5 Å². The van der Waals surface area contributed by atoms with Gasteiger partial charge in [-0.1, -0.05) is 6.07 Å². The standard InChI is InChI=1S/C19H22N2O3S2/c1-24-18(22)16-12-6-2-3-8-14(12)26-17(16)20-19(23)21-10-4-7-13(21)15-9-5-11-25-15/h5,9,11,13H,2-4,6-8,10H2,1H3,(H,20,23)/t13-/m0/s1. The van der Waals surface area contributed by atoms with E-state index in [2.05, 4.69) is 11.4 Å². The Hall–Kier alpha value is -1.86. The van der Waals surface area contributed by atoms with Gasteiger partial charge in [-0.15, -0.1) is 22.7 Å². The number of urea groups is 1. The maximum Gasteiger partial charge on any atom is 0.341 e. The molecule has 5 nitrogen and oxygen atoms in total. The summed E-state index contributed by atoms with van der Waals surface area (Å²) < 4.78 is 4.99. The summed E-state index contributed by atoms with van der Waals surface area (Å²) in [5.41, 5.74) is 1.63. The molecule has 2 aromatic rings. The van der Waals surface area contributed by atoms with Crippen molar-refractivity contribution in [2.45, 2.75) is 44.6 Å². The van der Waals surface area contributed by atoms with Crippen LogP contribution < -0.4 is 5.32 Å². The van der Waals surface area contributed by atoms with Crippen LogP contribution in [0.4, 0.5) is 9.80 Å². The number of ether oxygens (including phenoxy) is 1. The van der Waals surface area contributed by atoms with Crippen LogP contribution in [0.3, 0.4) is 0 Å². The van der Waals surface area contributed by atoms with Crippen molar-refractivity contribution in [1.82, 2.24) is 4.90 Å². The van der Waals surface area contributed by atoms with E-state index in [1.54, 1.807) is 11.3 Å². The van der Waals surface area contributed by atoms with Crippen molar-refractivity contribution in [3.05, 3.63) is 38.4 Å². The minimum atomic E-state index is -0.351. The Balaban J connectivity index is 1.59. The highest BCUT2D eigenvalue weighted by Crippen LogP contribution is 2.40. The first-order chi connectivity index (χ1) is 12.7. The Morgan fingerprint density at radius 3 is 2.88 bits per heavy atom. The molecule has 1 aliphatic heterocycles. The Morgan fingerprint density at radius 2 is 2.12 bits per heavy atom. The number of thiophene rings is 2. The molecule has 0 aromatic carbocycles. The minimum absolute atomic E-state index is 0.121. The lowest BCUT2D eigenvalue weighted by Crippen LogP contribution is -2.34. The zero-order valence-corrected chi connectivity index (χ0v) is 16.4. The molecule has 1 atom stereocenters. The number of rotatable bonds is 3. The molecule has 7 heteroatoms. The van der Waals surface area contributed by atoms with Gasteiger partial charge in [-0.05, 0) is 55.5 Å². The zero-order chi connectivity index (χ0) is 18.1. The normalized spacial score (nSPS) is 19.3. The maximum absolute atomic E-state index is 13.0. The average molecular weight is 391 g/mol. The highest BCUT2D eigenvalue weighted by Gasteiger charge is 2.33. The fraction of sp³-hybridized carbons (Fsp3) is 0.474. The Morgan fingerprint density at radius 1 is 1.27 bits per heavy atom. The zero-order valence-electron chi connectivity index (χ0n) is 14.7. The predicted octanol–water partition coefficient (Wildman–Crippen LogP) is 4.84. The third-order valence-corrected chi connectivity index (χ3v) is 7.35. The Labute approximate surface area is 161 Å². The predicted molar refractivity (Wildman–Crippen MR) is 104 cm³/mol. The number of hydrogen-bond acceptors (Lipinski definition) is 5. The number of methoxy groups -OCH3 is 1. The van der Waals surface area contributed by atoms with E-state index in [0.717, 1.165) is 50.6 Å². The molecule has 0 saturated carbocycles. The molecular weight excluding hydrogens is 368 g/mol. The number of fused-ring (bicyclic) bond motifs is 1. The van der Waals surface area contributed by atoms with E-state index in [1.807, 2.05) is 16.3 Å². The molecule has 26 heavy (non-hydrogen) atoms. The van der Waals surface area contributed by atoms with Gasteiger partial charge in [0.1, 0.15) is 5.00 Å². The van der Waals surface area contributed by atoms with Gasteiger partial charge in [0.15, 0.2) is 0 Å². The first-order valence-corrected chi connectivity index (χ1v) is 10.7. The molecule has 1 fully saturated rings. The highest BCUT2D eigenvalue weighted by molar-refractivity contribution is 7.17. The molecule has 1 aliphatic carbocycles. The van der Waals surface area contributed by atoms with Gasteiger partial charge in [-0.2, -0.15) is 0 Å². The molecule has 0 bridgehead atoms. The molecule has 2 amide bonds. The summed E-state index contributed by atoms with van der Waals surface area (Å²) in [4.78, 5) is 29.6. The van der Waals surface area contributed by atoms with Crippen molar-refractivity contribution >= 4 is 39.7 Å². The second-order valence-corrected chi connectivity index (χ2v) is 8.79. The van der Waals surface area contributed by atoms with E-state index in [4.69, 9.17) is 4.74 Å². The van der Waals surface area contributed by atoms with Crippen molar-refractivity contribution in [2.75, 3.05) is 19.0 Å². The lowest BCUT2D eigenvalue weighted by atomic mass is 9.95. The van der Waals surface area contributed by atoms with E-state index >= 15 is 0 Å². The van der Waals surface area contributed by atoms with Crippen molar-refractivity contribution < 1.29 is 14.3 Å². The molecule has 138 valence electrons. The van der Waals surface area contributed by atoms with Gasteiger partial charge < -0.3 is 9.64 Å². The second-order valence-electron chi connectivity index (χ2n) is 6.70. The van der Waals surface area contributed by atoms with Gasteiger partial charge in [0.25, 0.3) is 0 Å². The lowest BCUT2D eigenvalue weighted by molar-refractivity contribution is 0.0601. The molecule has 0 unspecified atom stereocenters. The molecule has 1 saturated heterocycles. The fourth-order valence-corrected chi connectivity index (χ4v) is 6.07. The SMILES string of the molecule is COC(=O)c1c(NC(=O)N2CCC[C@H]2c2cccs2)sc2c1CCCC2. The molecule has 1 N–H and O–H groups in total. The fourth-order valence-electron chi connectivity index (χ4n) is 3.93. The first-order valence-electron chi connectivity index (χ1n) is 9.03. The number of amides is 2. The summed E-state index contributed by atoms with van der Waals surface area (Å²) in [7, 11) is 1.40. The van der Waals surface area contributed by atoms with Crippen molar-refractivity contribution in [3.63, 3.8) is 0 Å². The average Bonchev–Trinajstić information content (AvgIpc) is 3.38. The number of nitrogens with one attached hydrogen (secondary N) is 1. The topological polar surface area (TPSA) is 58.6 Å². The van der Waals surface area contributed by atoms with E-state index in [9.17, 15) is 9.59 Å². The Kier molecular flexibility index (Phi) is 5.00. The highest BCUT2D eigenvalue weighted by atomic mass is 32.1. The van der Waals surface area contributed by atoms with Crippen LogP contribution in [0.1, 0.15) is 57.4 Å². The smallest absolute Gasteiger partial charge is 0.341 e. The number of anilines is 1. The molecule has 0 spiro atoms. The number of carbonyl (C=O) groups is 2. The Bertz CT molecular complexity index is 813. The first kappa shape index (κ1) is 17.5. The third kappa shape index (κ3) is 3.14. The quantitative estimate of drug-likeness (QED) is 0.763. The number of hydrogen-bond donors (Lipinski definition) is 1. The summed E-state index contributed by atoms with van der Waals surface area (Å²) in [6.07, 6.45) is 6.05. The minimum Gasteiger partial charge on any atom is -0.465 e. The van der Waals surface area contributed by atoms with Gasteiger partial charge in [-0.25, -0.2) is 9.59 Å². The summed E-state index contributed by atoms with van der Waals surface area (Å²) in [6.45, 7) is 0.743. The summed E-state index contributed by atoms with van der Waals surface area (Å²) in [5.74, 6) is -0.351. The summed E-state index contributed by atoms with van der Waals surface area (Å²) >= 11 is 3.22. The van der Waals surface area contributed by atoms with Crippen molar-refractivity contribution in [3.8, 4) is 0 Å². The molecule has 4 rings (SSSR count). The lowest BCUT2D eigenvalue weighted by Gasteiger charge is -2.24. The summed E-state index contributed by atoms with van der Waals surface area (Å²) in [5, 5.41) is 5.72. The number of carbonyl (C=O) groups excluding carboxylic acids is 2.